The van der Waals surface area contributed by atoms with Gasteiger partial charge in [0.15, 0.2) is 0 Å². The molecular formula is C43H52N8O8S. The monoisotopic (exact) mass is 840 g/mol. The van der Waals surface area contributed by atoms with Gasteiger partial charge in [-0.1, -0.05) is 24.3 Å². The van der Waals surface area contributed by atoms with Crippen LogP contribution >= 0.6 is 11.3 Å². The number of nitrogens with zero attached hydrogens (tertiary/aromatic N) is 4. The molecule has 318 valence electrons. The van der Waals surface area contributed by atoms with Crippen molar-refractivity contribution in [3.63, 3.8) is 0 Å². The van der Waals surface area contributed by atoms with Crippen LogP contribution in [0.25, 0.3) is 32.3 Å². The largest absolute Gasteiger partial charge is 0.453 e. The number of aromatic nitrogens is 4. The molecule has 4 aromatic rings. The summed E-state index contributed by atoms with van der Waals surface area (Å²) in [5, 5.41) is 5.56. The van der Waals surface area contributed by atoms with E-state index in [0.29, 0.717) is 52.4 Å². The lowest BCUT2D eigenvalue weighted by molar-refractivity contribution is -0.136. The number of nitrogens with one attached hydrogen (secondary N) is 4. The molecule has 17 heteroatoms. The number of hydrogen-bond acceptors (Lipinski definition) is 11. The first kappa shape index (κ1) is 40.2. The van der Waals surface area contributed by atoms with E-state index in [1.165, 1.54) is 35.1 Å². The Hall–Kier alpha value is -5.26. The topological polar surface area (TPSA) is 193 Å². The van der Waals surface area contributed by atoms with Crippen LogP contribution < -0.4 is 10.6 Å². The third-order valence-electron chi connectivity index (χ3n) is 12.9. The predicted molar refractivity (Wildman–Crippen MR) is 221 cm³/mol. The van der Waals surface area contributed by atoms with Gasteiger partial charge in [0.2, 0.25) is 11.8 Å². The van der Waals surface area contributed by atoms with Gasteiger partial charge in [0.05, 0.1) is 68.2 Å². The van der Waals surface area contributed by atoms with Crippen molar-refractivity contribution in [2.75, 3.05) is 53.7 Å². The molecule has 4 N–H and O–H groups in total. The van der Waals surface area contributed by atoms with Crippen LogP contribution in [0.3, 0.4) is 0 Å². The Morgan fingerprint density at radius 2 is 1.20 bits per heavy atom. The summed E-state index contributed by atoms with van der Waals surface area (Å²) in [7, 11) is 2.60. The van der Waals surface area contributed by atoms with E-state index in [0.717, 1.165) is 79.1 Å². The molecule has 1 aliphatic carbocycles. The number of ether oxygens (including phenoxy) is 4. The molecule has 6 atom stereocenters. The Labute approximate surface area is 352 Å². The van der Waals surface area contributed by atoms with Crippen LogP contribution in [0.15, 0.2) is 36.7 Å². The summed E-state index contributed by atoms with van der Waals surface area (Å²) in [5.41, 5.74) is 6.70. The molecule has 4 saturated heterocycles. The SMILES string of the molecule is COC(=O)NC(C(=O)N1CCC[C@H]1c1ncc(-c2ccc(-c3sc(-c4cnc([C@@H]5CCCN5C(=O)C(NC(=O)OC)C5CCOC5)[nH]4)c4c3CCC4)cc2)[nH]1)C1CCOC1. The molecule has 16 nitrogen and oxygen atoms in total. The van der Waals surface area contributed by atoms with Gasteiger partial charge in [-0.3, -0.25) is 9.59 Å². The van der Waals surface area contributed by atoms with E-state index in [9.17, 15) is 19.2 Å². The first-order chi connectivity index (χ1) is 29.3. The van der Waals surface area contributed by atoms with Crippen molar-refractivity contribution >= 4 is 35.3 Å². The number of benzene rings is 1. The van der Waals surface area contributed by atoms with Gasteiger partial charge >= 0.3 is 12.2 Å². The van der Waals surface area contributed by atoms with Gasteiger partial charge in [-0.05, 0) is 80.0 Å². The fourth-order valence-electron chi connectivity index (χ4n) is 9.75. The van der Waals surface area contributed by atoms with Crippen LogP contribution in [0.2, 0.25) is 0 Å². The number of thiophene rings is 1. The third kappa shape index (κ3) is 7.78. The highest BCUT2D eigenvalue weighted by Gasteiger charge is 2.42. The second-order valence-corrected chi connectivity index (χ2v) is 17.4. The summed E-state index contributed by atoms with van der Waals surface area (Å²) >= 11 is 1.78. The van der Waals surface area contributed by atoms with Crippen LogP contribution in [-0.4, -0.2) is 120 Å². The van der Waals surface area contributed by atoms with E-state index in [4.69, 9.17) is 28.9 Å². The Bertz CT molecular complexity index is 2210. The van der Waals surface area contributed by atoms with E-state index in [-0.39, 0.29) is 35.7 Å². The number of methoxy groups -OCH3 is 2. The molecule has 7 heterocycles. The molecule has 0 saturated carbocycles. The first-order valence-corrected chi connectivity index (χ1v) is 21.9. The minimum atomic E-state index is -0.723. The number of rotatable bonds is 11. The Morgan fingerprint density at radius 1 is 0.700 bits per heavy atom. The lowest BCUT2D eigenvalue weighted by atomic mass is 9.97. The van der Waals surface area contributed by atoms with Crippen molar-refractivity contribution in [3.8, 4) is 32.3 Å². The summed E-state index contributed by atoms with van der Waals surface area (Å²) in [5.74, 6) is 0.986. The fraction of sp³-hybridized carbons (Fsp3) is 0.535. The van der Waals surface area contributed by atoms with Gasteiger partial charge in [-0.25, -0.2) is 19.6 Å². The molecular weight excluding hydrogens is 789 g/mol. The fourth-order valence-corrected chi connectivity index (χ4v) is 11.1. The molecule has 4 fully saturated rings. The van der Waals surface area contributed by atoms with E-state index in [1.807, 2.05) is 22.2 Å². The van der Waals surface area contributed by atoms with Gasteiger partial charge in [0.1, 0.15) is 23.7 Å². The molecule has 3 aromatic heterocycles. The maximum absolute atomic E-state index is 14.0. The number of fused-ring (bicyclic) bond motifs is 1. The Balaban J connectivity index is 0.907. The Kier molecular flexibility index (Phi) is 11.6. The highest BCUT2D eigenvalue weighted by Crippen LogP contribution is 2.47. The Morgan fingerprint density at radius 3 is 1.72 bits per heavy atom. The summed E-state index contributed by atoms with van der Waals surface area (Å²) in [6.07, 6.45) is 10.2. The van der Waals surface area contributed by atoms with Crippen LogP contribution in [0.1, 0.15) is 79.8 Å². The van der Waals surface area contributed by atoms with Crippen molar-refractivity contribution in [3.05, 3.63) is 59.4 Å². The van der Waals surface area contributed by atoms with E-state index >= 15 is 0 Å². The highest BCUT2D eigenvalue weighted by atomic mass is 32.1. The summed E-state index contributed by atoms with van der Waals surface area (Å²) in [4.78, 5) is 75.2. The van der Waals surface area contributed by atoms with Crippen LogP contribution in [-0.2, 0) is 41.4 Å². The maximum atomic E-state index is 14.0. The van der Waals surface area contributed by atoms with E-state index < -0.39 is 24.3 Å². The number of amides is 4. The number of carbonyl (C=O) groups is 4. The summed E-state index contributed by atoms with van der Waals surface area (Å²) < 4.78 is 20.8. The standard InChI is InChI=1S/C43H52N8O8S/c1-56-42(54)48-34(26-14-18-58-22-26)40(52)50-16-4-8-32(50)38-44-20-30(46-38)24-10-12-25(13-11-24)36-28-6-3-7-29(28)37(60-36)31-21-45-39(47-31)33-9-5-17-51(33)41(53)35(49-43(55)57-2)27-15-19-59-23-27/h10-13,20-21,26-27,32-35H,3-9,14-19,22-23H2,1-2H3,(H,44,46)(H,45,47)(H,48,54)(H,49,55)/t26?,27?,32-,33-,34?,35?/m0/s1. The molecule has 4 aliphatic heterocycles. The van der Waals surface area contributed by atoms with Crippen molar-refractivity contribution in [1.82, 2.24) is 40.4 Å². The van der Waals surface area contributed by atoms with Gasteiger partial charge in [-0.15, -0.1) is 11.3 Å². The summed E-state index contributed by atoms with van der Waals surface area (Å²) in [6, 6.07) is 6.66. The minimum absolute atomic E-state index is 0.113. The molecule has 4 amide bonds. The van der Waals surface area contributed by atoms with Gasteiger partial charge in [0.25, 0.3) is 0 Å². The van der Waals surface area contributed by atoms with E-state index in [1.54, 1.807) is 11.3 Å². The molecule has 1 aromatic carbocycles. The average molecular weight is 841 g/mol. The quantitative estimate of drug-likeness (QED) is 0.149. The van der Waals surface area contributed by atoms with E-state index in [2.05, 4.69) is 44.9 Å². The number of carbonyl (C=O) groups excluding carboxylic acids is 4. The number of alkyl carbamates (subject to hydrolysis) is 2. The zero-order chi connectivity index (χ0) is 41.3. The van der Waals surface area contributed by atoms with Crippen molar-refractivity contribution in [2.24, 2.45) is 11.8 Å². The molecule has 0 bridgehead atoms. The first-order valence-electron chi connectivity index (χ1n) is 21.1. The average Bonchev–Trinajstić information content (AvgIpc) is 4.12. The van der Waals surface area contributed by atoms with Gasteiger partial charge in [-0.2, -0.15) is 0 Å². The zero-order valence-electron chi connectivity index (χ0n) is 34.0. The molecule has 5 aliphatic rings. The molecule has 4 unspecified atom stereocenters. The van der Waals surface area contributed by atoms with Gasteiger partial charge < -0.3 is 49.3 Å². The third-order valence-corrected chi connectivity index (χ3v) is 14.2. The number of H-pyrrole nitrogens is 2. The maximum Gasteiger partial charge on any atom is 0.407 e. The summed E-state index contributed by atoms with van der Waals surface area (Å²) in [6.45, 7) is 3.13. The second kappa shape index (κ2) is 17.4. The minimum Gasteiger partial charge on any atom is -0.453 e. The molecule has 60 heavy (non-hydrogen) atoms. The lowest BCUT2D eigenvalue weighted by Crippen LogP contribution is -2.52. The van der Waals surface area contributed by atoms with Crippen molar-refractivity contribution in [1.29, 1.82) is 0 Å². The highest BCUT2D eigenvalue weighted by molar-refractivity contribution is 7.19. The van der Waals surface area contributed by atoms with Crippen molar-refractivity contribution < 1.29 is 38.1 Å². The number of hydrogen-bond donors (Lipinski definition) is 4. The molecule has 9 rings (SSSR count). The lowest BCUT2D eigenvalue weighted by Gasteiger charge is -2.30. The smallest absolute Gasteiger partial charge is 0.407 e. The van der Waals surface area contributed by atoms with Crippen LogP contribution in [0.4, 0.5) is 9.59 Å². The van der Waals surface area contributed by atoms with Crippen molar-refractivity contribution in [2.45, 2.75) is 82.0 Å². The predicted octanol–water partition coefficient (Wildman–Crippen LogP) is 5.53. The zero-order valence-corrected chi connectivity index (χ0v) is 34.8. The van der Waals surface area contributed by atoms with Crippen LogP contribution in [0, 0.1) is 11.8 Å². The molecule has 0 spiro atoms. The number of aromatic amines is 2. The van der Waals surface area contributed by atoms with Crippen LogP contribution in [0.5, 0.6) is 0 Å². The second-order valence-electron chi connectivity index (χ2n) is 16.4. The normalized spacial score (nSPS) is 23.4. The molecule has 0 radical (unpaired) electrons. The number of imidazole rings is 2. The number of likely N-dealkylation sites (tertiary alicyclic amines) is 2. The van der Waals surface area contributed by atoms with Gasteiger partial charge in [0, 0.05) is 43.0 Å².